The highest BCUT2D eigenvalue weighted by molar-refractivity contribution is 9.10. The Balaban J connectivity index is 2.56. The van der Waals surface area contributed by atoms with Crippen LogP contribution < -0.4 is 5.32 Å². The Labute approximate surface area is 91.8 Å². The van der Waals surface area contributed by atoms with Crippen LogP contribution in [0.2, 0.25) is 0 Å². The van der Waals surface area contributed by atoms with Crippen molar-refractivity contribution in [3.63, 3.8) is 0 Å². The summed E-state index contributed by atoms with van der Waals surface area (Å²) in [5.41, 5.74) is 0.905. The zero-order valence-corrected chi connectivity index (χ0v) is 9.49. The molecule has 0 heterocycles. The van der Waals surface area contributed by atoms with E-state index in [-0.39, 0.29) is 5.82 Å². The van der Waals surface area contributed by atoms with Crippen LogP contribution in [0.4, 0.5) is 4.39 Å². The molecule has 3 heteroatoms. The van der Waals surface area contributed by atoms with Gasteiger partial charge in [-0.05, 0) is 30.7 Å². The Morgan fingerprint density at radius 3 is 3.00 bits per heavy atom. The molecule has 0 saturated carbocycles. The smallest absolute Gasteiger partial charge is 0.123 e. The van der Waals surface area contributed by atoms with Crippen LogP contribution in [0.25, 0.3) is 0 Å². The van der Waals surface area contributed by atoms with Crippen LogP contribution in [-0.4, -0.2) is 6.54 Å². The average molecular weight is 256 g/mol. The fourth-order valence-electron chi connectivity index (χ4n) is 1.03. The zero-order valence-electron chi connectivity index (χ0n) is 7.90. The van der Waals surface area contributed by atoms with Crippen molar-refractivity contribution in [1.82, 2.24) is 5.32 Å². The van der Waals surface area contributed by atoms with Gasteiger partial charge < -0.3 is 5.32 Å². The normalized spacial score (nSPS) is 9.36. The molecule has 1 rings (SSSR count). The van der Waals surface area contributed by atoms with Crippen molar-refractivity contribution < 1.29 is 4.39 Å². The second kappa shape index (κ2) is 5.79. The van der Waals surface area contributed by atoms with Gasteiger partial charge in [-0.2, -0.15) is 0 Å². The molecule has 0 radical (unpaired) electrons. The first-order valence-corrected chi connectivity index (χ1v) is 5.07. The van der Waals surface area contributed by atoms with Crippen LogP contribution in [-0.2, 0) is 6.54 Å². The van der Waals surface area contributed by atoms with E-state index in [0.29, 0.717) is 13.1 Å². The Hall–Kier alpha value is -0.850. The Morgan fingerprint density at radius 1 is 1.50 bits per heavy atom. The molecule has 0 aliphatic carbocycles. The van der Waals surface area contributed by atoms with E-state index in [1.807, 2.05) is 0 Å². The molecule has 1 N–H and O–H groups in total. The lowest BCUT2D eigenvalue weighted by Crippen LogP contribution is -2.13. The summed E-state index contributed by atoms with van der Waals surface area (Å²) < 4.78 is 13.8. The largest absolute Gasteiger partial charge is 0.302 e. The van der Waals surface area contributed by atoms with Crippen molar-refractivity contribution >= 4 is 15.9 Å². The minimum atomic E-state index is -0.216. The number of benzene rings is 1. The van der Waals surface area contributed by atoms with E-state index in [4.69, 9.17) is 0 Å². The fourth-order valence-corrected chi connectivity index (χ4v) is 1.41. The van der Waals surface area contributed by atoms with Crippen LogP contribution in [0.15, 0.2) is 22.7 Å². The second-order valence-electron chi connectivity index (χ2n) is 2.77. The first-order chi connectivity index (χ1) is 6.74. The van der Waals surface area contributed by atoms with Gasteiger partial charge in [0.2, 0.25) is 0 Å². The molecule has 0 saturated heterocycles. The van der Waals surface area contributed by atoms with Gasteiger partial charge in [-0.3, -0.25) is 0 Å². The van der Waals surface area contributed by atoms with E-state index in [1.54, 1.807) is 13.0 Å². The standard InChI is InChI=1S/C11H11BrFN/c1-2-3-6-14-8-9-7-10(13)4-5-11(9)12/h4-5,7,14H,6,8H2,1H3. The van der Waals surface area contributed by atoms with Gasteiger partial charge in [-0.25, -0.2) is 4.39 Å². The van der Waals surface area contributed by atoms with Gasteiger partial charge in [0.05, 0.1) is 6.54 Å². The molecular weight excluding hydrogens is 245 g/mol. The van der Waals surface area contributed by atoms with Crippen molar-refractivity contribution in [2.75, 3.05) is 6.54 Å². The SMILES string of the molecule is CC#CCNCc1cc(F)ccc1Br. The maximum Gasteiger partial charge on any atom is 0.123 e. The Kier molecular flexibility index (Phi) is 4.64. The van der Waals surface area contributed by atoms with E-state index < -0.39 is 0 Å². The van der Waals surface area contributed by atoms with Crippen molar-refractivity contribution in [2.24, 2.45) is 0 Å². The third kappa shape index (κ3) is 3.49. The van der Waals surface area contributed by atoms with Gasteiger partial charge in [0, 0.05) is 11.0 Å². The highest BCUT2D eigenvalue weighted by Crippen LogP contribution is 2.17. The number of halogens is 2. The molecule has 0 amide bonds. The number of nitrogens with one attached hydrogen (secondary N) is 1. The molecule has 1 nitrogen and oxygen atoms in total. The minimum absolute atomic E-state index is 0.216. The van der Waals surface area contributed by atoms with Gasteiger partial charge in [0.1, 0.15) is 5.82 Å². The van der Waals surface area contributed by atoms with Crippen LogP contribution in [0.3, 0.4) is 0 Å². The lowest BCUT2D eigenvalue weighted by atomic mass is 10.2. The topological polar surface area (TPSA) is 12.0 Å². The van der Waals surface area contributed by atoms with E-state index in [2.05, 4.69) is 33.1 Å². The monoisotopic (exact) mass is 255 g/mol. The molecule has 1 aromatic carbocycles. The molecule has 0 atom stereocenters. The number of hydrogen-bond donors (Lipinski definition) is 1. The van der Waals surface area contributed by atoms with Crippen molar-refractivity contribution in [3.8, 4) is 11.8 Å². The predicted molar refractivity (Wildman–Crippen MR) is 59.3 cm³/mol. The third-order valence-electron chi connectivity index (χ3n) is 1.71. The van der Waals surface area contributed by atoms with Gasteiger partial charge in [-0.1, -0.05) is 21.9 Å². The average Bonchev–Trinajstić information content (AvgIpc) is 2.18. The molecule has 0 aromatic heterocycles. The molecular formula is C11H11BrFN. The highest BCUT2D eigenvalue weighted by atomic mass is 79.9. The Morgan fingerprint density at radius 2 is 2.29 bits per heavy atom. The molecule has 1 aromatic rings. The summed E-state index contributed by atoms with van der Waals surface area (Å²) in [6, 6.07) is 4.65. The zero-order chi connectivity index (χ0) is 10.4. The maximum atomic E-state index is 12.8. The molecule has 14 heavy (non-hydrogen) atoms. The molecule has 74 valence electrons. The summed E-state index contributed by atoms with van der Waals surface area (Å²) in [7, 11) is 0. The molecule has 0 aliphatic rings. The van der Waals surface area contributed by atoms with Crippen LogP contribution in [0.1, 0.15) is 12.5 Å². The molecule has 0 fully saturated rings. The highest BCUT2D eigenvalue weighted by Gasteiger charge is 2.00. The van der Waals surface area contributed by atoms with Gasteiger partial charge >= 0.3 is 0 Å². The van der Waals surface area contributed by atoms with E-state index in [0.717, 1.165) is 10.0 Å². The lowest BCUT2D eigenvalue weighted by Gasteiger charge is -2.04. The van der Waals surface area contributed by atoms with Crippen LogP contribution >= 0.6 is 15.9 Å². The molecule has 0 bridgehead atoms. The molecule has 0 spiro atoms. The number of hydrogen-bond acceptors (Lipinski definition) is 1. The fraction of sp³-hybridized carbons (Fsp3) is 0.273. The quantitative estimate of drug-likeness (QED) is 0.647. The summed E-state index contributed by atoms with van der Waals surface area (Å²) in [5, 5.41) is 3.10. The lowest BCUT2D eigenvalue weighted by molar-refractivity contribution is 0.622. The maximum absolute atomic E-state index is 12.8. The van der Waals surface area contributed by atoms with Gasteiger partial charge in [0.15, 0.2) is 0 Å². The van der Waals surface area contributed by atoms with Crippen molar-refractivity contribution in [2.45, 2.75) is 13.5 Å². The summed E-state index contributed by atoms with van der Waals surface area (Å²) in [4.78, 5) is 0. The molecule has 0 unspecified atom stereocenters. The van der Waals surface area contributed by atoms with E-state index in [9.17, 15) is 4.39 Å². The van der Waals surface area contributed by atoms with E-state index >= 15 is 0 Å². The van der Waals surface area contributed by atoms with E-state index in [1.165, 1.54) is 12.1 Å². The van der Waals surface area contributed by atoms with Crippen LogP contribution in [0, 0.1) is 17.7 Å². The van der Waals surface area contributed by atoms with Crippen molar-refractivity contribution in [1.29, 1.82) is 0 Å². The first-order valence-electron chi connectivity index (χ1n) is 4.28. The third-order valence-corrected chi connectivity index (χ3v) is 2.49. The second-order valence-corrected chi connectivity index (χ2v) is 3.62. The van der Waals surface area contributed by atoms with Crippen LogP contribution in [0.5, 0.6) is 0 Å². The van der Waals surface area contributed by atoms with Gasteiger partial charge in [0.25, 0.3) is 0 Å². The molecule has 0 aliphatic heterocycles. The van der Waals surface area contributed by atoms with Gasteiger partial charge in [-0.15, -0.1) is 5.92 Å². The number of rotatable bonds is 3. The minimum Gasteiger partial charge on any atom is -0.302 e. The van der Waals surface area contributed by atoms with Crippen molar-refractivity contribution in [3.05, 3.63) is 34.1 Å². The first kappa shape index (κ1) is 11.2. The summed E-state index contributed by atoms with van der Waals surface area (Å²) in [6.45, 7) is 3.03. The summed E-state index contributed by atoms with van der Waals surface area (Å²) in [6.07, 6.45) is 0. The summed E-state index contributed by atoms with van der Waals surface area (Å²) in [5.74, 6) is 5.45. The summed E-state index contributed by atoms with van der Waals surface area (Å²) >= 11 is 3.36. The predicted octanol–water partition coefficient (Wildman–Crippen LogP) is 2.70. The Bertz CT molecular complexity index is 365.